The van der Waals surface area contributed by atoms with Gasteiger partial charge in [-0.15, -0.1) is 0 Å². The van der Waals surface area contributed by atoms with Crippen molar-refractivity contribution in [2.24, 2.45) is 5.92 Å². The minimum atomic E-state index is -0.331. The molecule has 0 aromatic rings. The number of hydrogen-bond acceptors (Lipinski definition) is 2. The van der Waals surface area contributed by atoms with Crippen LogP contribution in [0.4, 0.5) is 0 Å². The first-order valence-electron chi connectivity index (χ1n) is 4.91. The van der Waals surface area contributed by atoms with E-state index in [1.165, 1.54) is 4.90 Å². The summed E-state index contributed by atoms with van der Waals surface area (Å²) in [6, 6.07) is -0.633. The molecule has 2 amide bonds. The second kappa shape index (κ2) is 3.59. The maximum atomic E-state index is 11.9. The molecular weight excluding hydrogens is 180 g/mol. The summed E-state index contributed by atoms with van der Waals surface area (Å²) >= 11 is 0. The summed E-state index contributed by atoms with van der Waals surface area (Å²) in [7, 11) is 3.39. The van der Waals surface area contributed by atoms with Crippen LogP contribution in [-0.2, 0) is 9.59 Å². The van der Waals surface area contributed by atoms with Crippen LogP contribution in [0.25, 0.3) is 0 Å². The summed E-state index contributed by atoms with van der Waals surface area (Å²) in [4.78, 5) is 26.7. The Morgan fingerprint density at radius 2 is 1.57 bits per heavy atom. The Kier molecular flexibility index (Phi) is 2.83. The minimum Gasteiger partial charge on any atom is -0.332 e. The summed E-state index contributed by atoms with van der Waals surface area (Å²) in [6.45, 7) is 5.67. The van der Waals surface area contributed by atoms with E-state index >= 15 is 0 Å². The first-order valence-corrected chi connectivity index (χ1v) is 4.91. The highest BCUT2D eigenvalue weighted by molar-refractivity contribution is 5.96. The molecule has 0 aliphatic carbocycles. The second-order valence-electron chi connectivity index (χ2n) is 4.26. The van der Waals surface area contributed by atoms with Crippen molar-refractivity contribution in [1.29, 1.82) is 0 Å². The fourth-order valence-electron chi connectivity index (χ4n) is 1.89. The molecule has 1 saturated heterocycles. The fraction of sp³-hybridized carbons (Fsp3) is 0.800. The molecule has 1 aliphatic rings. The van der Waals surface area contributed by atoms with Crippen molar-refractivity contribution in [3.8, 4) is 0 Å². The van der Waals surface area contributed by atoms with Crippen LogP contribution in [0.15, 0.2) is 0 Å². The molecule has 1 heterocycles. The molecule has 4 heteroatoms. The Morgan fingerprint density at radius 1 is 1.07 bits per heavy atom. The number of hydrogen-bond donors (Lipinski definition) is 0. The molecule has 1 fully saturated rings. The Hall–Kier alpha value is -1.06. The predicted octanol–water partition coefficient (Wildman–Crippen LogP) is 0.330. The molecule has 4 nitrogen and oxygen atoms in total. The molecule has 0 bridgehead atoms. The van der Waals surface area contributed by atoms with Gasteiger partial charge in [-0.05, 0) is 12.8 Å². The molecular formula is C10H18N2O2. The lowest BCUT2D eigenvalue weighted by molar-refractivity contribution is -0.159. The zero-order valence-electron chi connectivity index (χ0n) is 9.44. The molecule has 1 rings (SSSR count). The third-order valence-corrected chi connectivity index (χ3v) is 2.94. The Balaban J connectivity index is 2.98. The number of likely N-dealkylation sites (N-methyl/N-ethyl adjacent to an activating group) is 2. The third kappa shape index (κ3) is 1.49. The molecule has 1 aliphatic heterocycles. The van der Waals surface area contributed by atoms with Crippen molar-refractivity contribution in [1.82, 2.24) is 9.80 Å². The maximum absolute atomic E-state index is 11.9. The third-order valence-electron chi connectivity index (χ3n) is 2.94. The number of carbonyl (C=O) groups excluding carboxylic acids is 2. The first-order chi connectivity index (χ1) is 6.37. The predicted molar refractivity (Wildman–Crippen MR) is 53.6 cm³/mol. The molecule has 0 spiro atoms. The lowest BCUT2D eigenvalue weighted by atomic mass is 9.97. The first kappa shape index (κ1) is 11.0. The molecule has 0 unspecified atom stereocenters. The topological polar surface area (TPSA) is 40.6 Å². The van der Waals surface area contributed by atoms with Gasteiger partial charge in [-0.3, -0.25) is 9.59 Å². The Bertz CT molecular complexity index is 263. The monoisotopic (exact) mass is 198 g/mol. The van der Waals surface area contributed by atoms with Crippen LogP contribution in [0.3, 0.4) is 0 Å². The van der Waals surface area contributed by atoms with Gasteiger partial charge in [-0.25, -0.2) is 0 Å². The van der Waals surface area contributed by atoms with Gasteiger partial charge in [0.2, 0.25) is 11.8 Å². The van der Waals surface area contributed by atoms with Gasteiger partial charge in [0, 0.05) is 14.1 Å². The van der Waals surface area contributed by atoms with E-state index in [0.29, 0.717) is 0 Å². The minimum absolute atomic E-state index is 0.0193. The smallest absolute Gasteiger partial charge is 0.246 e. The number of nitrogens with zero attached hydrogens (tertiary/aromatic N) is 2. The van der Waals surface area contributed by atoms with E-state index in [1.807, 2.05) is 13.8 Å². The highest BCUT2D eigenvalue weighted by Crippen LogP contribution is 2.20. The summed E-state index contributed by atoms with van der Waals surface area (Å²) in [6.07, 6.45) is 0. The van der Waals surface area contributed by atoms with E-state index in [9.17, 15) is 9.59 Å². The number of carbonyl (C=O) groups is 2. The highest BCUT2D eigenvalue weighted by atomic mass is 16.2. The molecule has 0 aromatic heterocycles. The van der Waals surface area contributed by atoms with Crippen molar-refractivity contribution >= 4 is 11.8 Å². The van der Waals surface area contributed by atoms with Crippen LogP contribution < -0.4 is 0 Å². The van der Waals surface area contributed by atoms with Gasteiger partial charge in [-0.2, -0.15) is 0 Å². The maximum Gasteiger partial charge on any atom is 0.246 e. The zero-order chi connectivity index (χ0) is 11.0. The van der Waals surface area contributed by atoms with Gasteiger partial charge in [0.15, 0.2) is 0 Å². The van der Waals surface area contributed by atoms with Crippen LogP contribution in [-0.4, -0.2) is 47.8 Å². The van der Waals surface area contributed by atoms with Crippen LogP contribution in [0.1, 0.15) is 20.8 Å². The van der Waals surface area contributed by atoms with Crippen LogP contribution in [0.5, 0.6) is 0 Å². The van der Waals surface area contributed by atoms with Gasteiger partial charge in [-0.1, -0.05) is 13.8 Å². The SMILES string of the molecule is CC(C)[C@H]1C(=O)N(C)[C@H](C)C(=O)N1C. The second-order valence-corrected chi connectivity index (χ2v) is 4.26. The number of rotatable bonds is 1. The molecule has 80 valence electrons. The largest absolute Gasteiger partial charge is 0.332 e. The van der Waals surface area contributed by atoms with E-state index in [4.69, 9.17) is 0 Å². The highest BCUT2D eigenvalue weighted by Gasteiger charge is 2.41. The summed E-state index contributed by atoms with van der Waals surface area (Å²) in [5.41, 5.74) is 0. The standard InChI is InChI=1S/C10H18N2O2/c1-6(2)8-10(14)11(4)7(3)9(13)12(8)5/h6-8H,1-5H3/t7-,8+/m1/s1. The molecule has 0 N–H and O–H groups in total. The van der Waals surface area contributed by atoms with Gasteiger partial charge in [0.05, 0.1) is 0 Å². The van der Waals surface area contributed by atoms with E-state index in [1.54, 1.807) is 25.9 Å². The van der Waals surface area contributed by atoms with E-state index in [-0.39, 0.29) is 29.8 Å². The lowest BCUT2D eigenvalue weighted by Gasteiger charge is -2.42. The van der Waals surface area contributed by atoms with E-state index in [0.717, 1.165) is 0 Å². The van der Waals surface area contributed by atoms with Crippen LogP contribution >= 0.6 is 0 Å². The number of amides is 2. The molecule has 2 atom stereocenters. The van der Waals surface area contributed by atoms with Gasteiger partial charge in [0.25, 0.3) is 0 Å². The van der Waals surface area contributed by atoms with Gasteiger partial charge < -0.3 is 9.80 Å². The average molecular weight is 198 g/mol. The van der Waals surface area contributed by atoms with E-state index in [2.05, 4.69) is 0 Å². The van der Waals surface area contributed by atoms with E-state index < -0.39 is 0 Å². The molecule has 14 heavy (non-hydrogen) atoms. The fourth-order valence-corrected chi connectivity index (χ4v) is 1.89. The average Bonchev–Trinajstić information content (AvgIpc) is 2.11. The van der Waals surface area contributed by atoms with Crippen molar-refractivity contribution < 1.29 is 9.59 Å². The van der Waals surface area contributed by atoms with Crippen LogP contribution in [0, 0.1) is 5.92 Å². The zero-order valence-corrected chi connectivity index (χ0v) is 9.44. The van der Waals surface area contributed by atoms with Crippen LogP contribution in [0.2, 0.25) is 0 Å². The van der Waals surface area contributed by atoms with Crippen molar-refractivity contribution in [3.05, 3.63) is 0 Å². The number of piperazine rings is 1. The molecule has 0 radical (unpaired) electrons. The quantitative estimate of drug-likeness (QED) is 0.609. The molecule has 0 aromatic carbocycles. The summed E-state index contributed by atoms with van der Waals surface area (Å²) in [5.74, 6) is 0.215. The van der Waals surface area contributed by atoms with Gasteiger partial charge >= 0.3 is 0 Å². The summed E-state index contributed by atoms with van der Waals surface area (Å²) < 4.78 is 0. The lowest BCUT2D eigenvalue weighted by Crippen LogP contribution is -2.62. The Morgan fingerprint density at radius 3 is 2.00 bits per heavy atom. The Labute approximate surface area is 84.9 Å². The van der Waals surface area contributed by atoms with Gasteiger partial charge in [0.1, 0.15) is 12.1 Å². The van der Waals surface area contributed by atoms with Crippen molar-refractivity contribution in [2.75, 3.05) is 14.1 Å². The van der Waals surface area contributed by atoms with Crippen molar-refractivity contribution in [2.45, 2.75) is 32.9 Å². The summed E-state index contributed by atoms with van der Waals surface area (Å²) in [5, 5.41) is 0. The normalized spacial score (nSPS) is 29.0. The van der Waals surface area contributed by atoms with Crippen molar-refractivity contribution in [3.63, 3.8) is 0 Å². The molecule has 0 saturated carbocycles.